The van der Waals surface area contributed by atoms with Crippen LogP contribution in [0, 0.1) is 29.5 Å². The molecule has 1 aliphatic heterocycles. The molecule has 0 spiro atoms. The topological polar surface area (TPSA) is 256 Å². The van der Waals surface area contributed by atoms with E-state index in [1.165, 1.54) is 56.9 Å². The lowest BCUT2D eigenvalue weighted by molar-refractivity contribution is -0.139. The summed E-state index contributed by atoms with van der Waals surface area (Å²) in [6, 6.07) is 8.35. The number of hydrogen-bond donors (Lipinski definition) is 8. The Morgan fingerprint density at radius 2 is 1.01 bits per heavy atom. The van der Waals surface area contributed by atoms with Crippen LogP contribution in [-0.4, -0.2) is 136 Å². The highest BCUT2D eigenvalue weighted by Gasteiger charge is 2.44. The van der Waals surface area contributed by atoms with Gasteiger partial charge in [0.25, 0.3) is 5.91 Å². The molecule has 0 radical (unpaired) electrons. The van der Waals surface area contributed by atoms with Gasteiger partial charge in [0.05, 0.1) is 6.04 Å². The Morgan fingerprint density at radius 3 is 1.52 bits per heavy atom. The number of nitrogens with one attached hydrogen (secondary N) is 8. The molecule has 2 fully saturated rings. The third kappa shape index (κ3) is 21.3. The van der Waals surface area contributed by atoms with E-state index in [9.17, 15) is 47.5 Å². The van der Waals surface area contributed by atoms with Crippen molar-refractivity contribution in [2.45, 2.75) is 226 Å². The summed E-state index contributed by atoms with van der Waals surface area (Å²) >= 11 is 0. The van der Waals surface area contributed by atoms with Crippen molar-refractivity contribution >= 4 is 53.2 Å². The Kier molecular flexibility index (Phi) is 25.7. The molecular formula is C63H99FN10O9. The van der Waals surface area contributed by atoms with Crippen LogP contribution in [0.3, 0.4) is 0 Å². The Hall–Kier alpha value is -6.44. The van der Waals surface area contributed by atoms with E-state index in [-0.39, 0.29) is 55.0 Å². The van der Waals surface area contributed by atoms with Gasteiger partial charge in [0.1, 0.15) is 52.6 Å². The van der Waals surface area contributed by atoms with Gasteiger partial charge in [0.2, 0.25) is 47.3 Å². The second-order valence-corrected chi connectivity index (χ2v) is 26.4. The Bertz CT molecular complexity index is 2530. The molecule has 7 atom stereocenters. The van der Waals surface area contributed by atoms with Crippen molar-refractivity contribution in [2.75, 3.05) is 20.6 Å². The van der Waals surface area contributed by atoms with Crippen LogP contribution in [0.2, 0.25) is 0 Å². The van der Waals surface area contributed by atoms with Crippen LogP contribution in [0.15, 0.2) is 54.6 Å². The molecule has 0 aromatic heterocycles. The average molecular weight is 1160 g/mol. The lowest BCUT2D eigenvalue weighted by Gasteiger charge is -2.34. The van der Waals surface area contributed by atoms with E-state index in [0.29, 0.717) is 31.7 Å². The molecule has 1 saturated heterocycles. The first kappa shape index (κ1) is 69.1. The third-order valence-electron chi connectivity index (χ3n) is 15.4. The van der Waals surface area contributed by atoms with Crippen LogP contribution in [-0.2, 0) is 38.4 Å². The molecule has 4 rings (SSSR count). The molecule has 0 bridgehead atoms. The normalized spacial score (nSPS) is 17.9. The molecule has 462 valence electrons. The zero-order chi connectivity index (χ0) is 62.1. The van der Waals surface area contributed by atoms with Gasteiger partial charge in [-0.05, 0) is 161 Å². The highest BCUT2D eigenvalue weighted by atomic mass is 19.1. The maximum atomic E-state index is 14.7. The summed E-state index contributed by atoms with van der Waals surface area (Å²) in [5, 5.41) is 22.8. The first-order valence-electron chi connectivity index (χ1n) is 30.0. The van der Waals surface area contributed by atoms with E-state index in [1.54, 1.807) is 13.8 Å². The number of rotatable bonds is 29. The summed E-state index contributed by atoms with van der Waals surface area (Å²) < 4.78 is 14.0. The number of hydrogen-bond acceptors (Lipinski definition) is 10. The van der Waals surface area contributed by atoms with Crippen LogP contribution in [0.4, 0.5) is 4.39 Å². The summed E-state index contributed by atoms with van der Waals surface area (Å²) in [7, 11) is 3.77. The predicted octanol–water partition coefficient (Wildman–Crippen LogP) is 6.36. The SMILES string of the molecule is CC(C)C[C@H](NC(=O)[C@H](CCC1CCCCC1)NC(=O)[C@@H]1CC[C@H](c2ccccc2)N1C(=O)c1ccc(F)cc1)C(=O)NC(C)(C)C(=O)N[C@@H](CC(C)C)C(=O)N[C@@H](CC(C)C)C(=O)NC(C)(C)C(=O)NC(C)(C)C(=O)N[C@@H](C)CN(C)C. The molecule has 83 heavy (non-hydrogen) atoms. The zero-order valence-corrected chi connectivity index (χ0v) is 52.2. The van der Waals surface area contributed by atoms with E-state index in [1.807, 2.05) is 97.8 Å². The molecule has 2 aromatic rings. The average Bonchev–Trinajstić information content (AvgIpc) is 4.07. The number of carbonyl (C=O) groups excluding carboxylic acids is 9. The van der Waals surface area contributed by atoms with E-state index in [0.717, 1.165) is 37.7 Å². The highest BCUT2D eigenvalue weighted by molar-refractivity contribution is 6.01. The second-order valence-electron chi connectivity index (χ2n) is 26.4. The molecule has 1 saturated carbocycles. The lowest BCUT2D eigenvalue weighted by atomic mass is 9.85. The van der Waals surface area contributed by atoms with E-state index in [2.05, 4.69) is 42.5 Å². The number of likely N-dealkylation sites (N-methyl/N-ethyl adjacent to an activating group) is 1. The second kappa shape index (κ2) is 30.9. The standard InChI is InChI=1S/C63H99FN10O9/c1-38(2)34-47(53(76)68-49(36-40(5)6)55(78)71-63(12,13)60(83)72-62(10,11)58(81)65-41(7)37-73(14)15)69-59(82)61(8,9)70-54(77)48(35-39(3)4)67-52(75)46(31-26-42-22-18-16-19-23-42)66-56(79)51-33-32-50(43-24-20-17-21-25-43)74(51)57(80)44-27-29-45(64)30-28-44/h17,20-21,24-25,27-30,38-42,46-51H,16,18-19,22-23,26,31-37H2,1-15H3,(H,65,81)(H,66,79)(H,67,75)(H,68,76)(H,69,82)(H,70,77)(H,71,78)(H,72,83)/t41-,46-,47-,48-,49-,50+,51-/m0/s1. The van der Waals surface area contributed by atoms with Crippen molar-refractivity contribution in [3.05, 3.63) is 71.5 Å². The Balaban J connectivity index is 1.52. The van der Waals surface area contributed by atoms with Gasteiger partial charge in [-0.2, -0.15) is 0 Å². The first-order chi connectivity index (χ1) is 38.7. The first-order valence-corrected chi connectivity index (χ1v) is 30.0. The lowest BCUT2D eigenvalue weighted by Crippen LogP contribution is -2.65. The van der Waals surface area contributed by atoms with Crippen molar-refractivity contribution in [2.24, 2.45) is 23.7 Å². The predicted molar refractivity (Wildman–Crippen MR) is 319 cm³/mol. The summed E-state index contributed by atoms with van der Waals surface area (Å²) in [6.45, 7) is 22.8. The van der Waals surface area contributed by atoms with Gasteiger partial charge in [0, 0.05) is 18.2 Å². The molecule has 8 N–H and O–H groups in total. The fraction of sp³-hybridized carbons (Fsp3) is 0.667. The van der Waals surface area contributed by atoms with Crippen LogP contribution in [0.25, 0.3) is 0 Å². The molecule has 20 heteroatoms. The third-order valence-corrected chi connectivity index (χ3v) is 15.4. The Morgan fingerprint density at radius 1 is 0.542 bits per heavy atom. The van der Waals surface area contributed by atoms with E-state index < -0.39 is 112 Å². The van der Waals surface area contributed by atoms with Crippen LogP contribution < -0.4 is 42.5 Å². The zero-order valence-electron chi connectivity index (χ0n) is 52.2. The van der Waals surface area contributed by atoms with Crippen LogP contribution >= 0.6 is 0 Å². The van der Waals surface area contributed by atoms with Gasteiger partial charge in [-0.3, -0.25) is 43.2 Å². The molecule has 2 aliphatic rings. The van der Waals surface area contributed by atoms with Crippen molar-refractivity contribution in [1.82, 2.24) is 52.3 Å². The van der Waals surface area contributed by atoms with Gasteiger partial charge < -0.3 is 52.3 Å². The molecule has 1 heterocycles. The maximum absolute atomic E-state index is 14.7. The van der Waals surface area contributed by atoms with Crippen molar-refractivity contribution < 1.29 is 47.5 Å². The molecule has 1 aliphatic carbocycles. The molecule has 19 nitrogen and oxygen atoms in total. The minimum atomic E-state index is -1.65. The quantitative estimate of drug-likeness (QED) is 0.0447. The molecular weight excluding hydrogens is 1060 g/mol. The van der Waals surface area contributed by atoms with E-state index >= 15 is 0 Å². The number of nitrogens with zero attached hydrogens (tertiary/aromatic N) is 2. The summed E-state index contributed by atoms with van der Waals surface area (Å²) in [5.41, 5.74) is -3.48. The number of carbonyl (C=O) groups is 9. The van der Waals surface area contributed by atoms with Gasteiger partial charge in [-0.15, -0.1) is 0 Å². The Labute approximate surface area is 493 Å². The summed E-state index contributed by atoms with van der Waals surface area (Å²) in [6.07, 6.45) is 7.42. The number of benzene rings is 2. The minimum absolute atomic E-state index is 0.0974. The minimum Gasteiger partial charge on any atom is -0.350 e. The largest absolute Gasteiger partial charge is 0.350 e. The monoisotopic (exact) mass is 1160 g/mol. The molecule has 9 amide bonds. The van der Waals surface area contributed by atoms with Gasteiger partial charge in [0.15, 0.2) is 0 Å². The number of halogens is 1. The fourth-order valence-electron chi connectivity index (χ4n) is 10.9. The van der Waals surface area contributed by atoms with Gasteiger partial charge in [-0.1, -0.05) is 104 Å². The summed E-state index contributed by atoms with van der Waals surface area (Å²) in [4.78, 5) is 131. The van der Waals surface area contributed by atoms with Gasteiger partial charge >= 0.3 is 0 Å². The smallest absolute Gasteiger partial charge is 0.255 e. The maximum Gasteiger partial charge on any atom is 0.255 e. The highest BCUT2D eigenvalue weighted by Crippen LogP contribution is 2.38. The fourth-order valence-corrected chi connectivity index (χ4v) is 10.9. The number of likely N-dealkylation sites (tertiary alicyclic amines) is 1. The molecule has 0 unspecified atom stereocenters. The van der Waals surface area contributed by atoms with E-state index in [4.69, 9.17) is 0 Å². The summed E-state index contributed by atoms with van der Waals surface area (Å²) in [5.74, 6) is -5.82. The molecule has 2 aromatic carbocycles. The van der Waals surface area contributed by atoms with Crippen LogP contribution in [0.1, 0.15) is 189 Å². The van der Waals surface area contributed by atoms with Crippen molar-refractivity contribution in [3.63, 3.8) is 0 Å². The van der Waals surface area contributed by atoms with Crippen LogP contribution in [0.5, 0.6) is 0 Å². The number of amides is 9. The van der Waals surface area contributed by atoms with Crippen molar-refractivity contribution in [3.8, 4) is 0 Å². The van der Waals surface area contributed by atoms with Crippen molar-refractivity contribution in [1.29, 1.82) is 0 Å². The van der Waals surface area contributed by atoms with Gasteiger partial charge in [-0.25, -0.2) is 4.39 Å².